The minimum atomic E-state index is -0.912. The zero-order valence-electron chi connectivity index (χ0n) is 16.4. The van der Waals surface area contributed by atoms with E-state index in [9.17, 15) is 30.0 Å². The molecule has 0 heterocycles. The number of carbonyl (C=O) groups is 2. The number of rotatable bonds is 12. The van der Waals surface area contributed by atoms with Gasteiger partial charge in [-0.05, 0) is 31.0 Å². The van der Waals surface area contributed by atoms with E-state index in [0.29, 0.717) is 12.8 Å². The molecule has 0 aliphatic rings. The summed E-state index contributed by atoms with van der Waals surface area (Å²) in [4.78, 5) is 24.5. The van der Waals surface area contributed by atoms with Crippen molar-refractivity contribution in [2.24, 2.45) is 10.8 Å². The Bertz CT molecular complexity index is 567. The van der Waals surface area contributed by atoms with Gasteiger partial charge in [0.15, 0.2) is 0 Å². The van der Waals surface area contributed by atoms with E-state index >= 15 is 0 Å². The third-order valence-electron chi connectivity index (χ3n) is 5.19. The standard InChI is InChI=1S/C20H30O8/c1-3-19(9-21,10-22)13-27-17(25)15-6-5-7-16(8-15)18(26)28-14-20(4-2,11-23)12-24/h5-8,21-24H,3-4,9-14H2,1-2H3. The molecule has 0 amide bonds. The van der Waals surface area contributed by atoms with Crippen LogP contribution in [0.25, 0.3) is 0 Å². The van der Waals surface area contributed by atoms with Crippen LogP contribution in [0.4, 0.5) is 0 Å². The minimum absolute atomic E-state index is 0.126. The van der Waals surface area contributed by atoms with Gasteiger partial charge < -0.3 is 29.9 Å². The molecule has 0 aliphatic carbocycles. The number of benzene rings is 1. The van der Waals surface area contributed by atoms with Crippen LogP contribution in [-0.4, -0.2) is 72.0 Å². The molecule has 0 atom stereocenters. The number of ether oxygens (including phenoxy) is 2. The van der Waals surface area contributed by atoms with Gasteiger partial charge in [-0.15, -0.1) is 0 Å². The Morgan fingerprint density at radius 3 is 1.43 bits per heavy atom. The van der Waals surface area contributed by atoms with Gasteiger partial charge in [0, 0.05) is 0 Å². The van der Waals surface area contributed by atoms with E-state index in [-0.39, 0.29) is 50.8 Å². The zero-order valence-corrected chi connectivity index (χ0v) is 16.4. The Kier molecular flexibility index (Phi) is 9.54. The number of carbonyl (C=O) groups excluding carboxylic acids is 2. The summed E-state index contributed by atoms with van der Waals surface area (Å²) < 4.78 is 10.4. The van der Waals surface area contributed by atoms with Crippen LogP contribution in [0.3, 0.4) is 0 Å². The maximum atomic E-state index is 12.3. The van der Waals surface area contributed by atoms with Crippen molar-refractivity contribution in [2.45, 2.75) is 26.7 Å². The predicted molar refractivity (Wildman–Crippen MR) is 101 cm³/mol. The van der Waals surface area contributed by atoms with E-state index in [0.717, 1.165) is 0 Å². The van der Waals surface area contributed by atoms with Gasteiger partial charge in [0.25, 0.3) is 0 Å². The highest BCUT2D eigenvalue weighted by atomic mass is 16.5. The summed E-state index contributed by atoms with van der Waals surface area (Å²) >= 11 is 0. The molecule has 158 valence electrons. The molecule has 0 bridgehead atoms. The van der Waals surface area contributed by atoms with Crippen molar-refractivity contribution in [3.05, 3.63) is 35.4 Å². The van der Waals surface area contributed by atoms with E-state index in [2.05, 4.69) is 0 Å². The van der Waals surface area contributed by atoms with Crippen LogP contribution in [0.2, 0.25) is 0 Å². The maximum absolute atomic E-state index is 12.3. The van der Waals surface area contributed by atoms with Crippen LogP contribution < -0.4 is 0 Å². The topological polar surface area (TPSA) is 134 Å². The van der Waals surface area contributed by atoms with Gasteiger partial charge in [0.05, 0.1) is 48.4 Å². The number of hydrogen-bond donors (Lipinski definition) is 4. The fourth-order valence-corrected chi connectivity index (χ4v) is 2.31. The fraction of sp³-hybridized carbons (Fsp3) is 0.600. The number of aliphatic hydroxyl groups excluding tert-OH is 4. The molecule has 1 aromatic rings. The summed E-state index contributed by atoms with van der Waals surface area (Å²) in [7, 11) is 0. The summed E-state index contributed by atoms with van der Waals surface area (Å²) in [5, 5.41) is 37.7. The number of esters is 2. The summed E-state index contributed by atoms with van der Waals surface area (Å²) in [6, 6.07) is 5.77. The molecule has 1 aromatic carbocycles. The van der Waals surface area contributed by atoms with Crippen LogP contribution in [-0.2, 0) is 9.47 Å². The summed E-state index contributed by atoms with van der Waals surface area (Å²) in [6.45, 7) is 1.93. The molecule has 28 heavy (non-hydrogen) atoms. The van der Waals surface area contributed by atoms with E-state index in [4.69, 9.17) is 9.47 Å². The Labute approximate surface area is 164 Å². The molecule has 0 saturated carbocycles. The van der Waals surface area contributed by atoms with Gasteiger partial charge in [-0.1, -0.05) is 19.9 Å². The SMILES string of the molecule is CCC(CO)(CO)COC(=O)c1cccc(C(=O)OCC(CC)(CO)CO)c1. The van der Waals surface area contributed by atoms with Crippen LogP contribution in [0.1, 0.15) is 47.4 Å². The first-order valence-electron chi connectivity index (χ1n) is 9.22. The lowest BCUT2D eigenvalue weighted by Gasteiger charge is -2.27. The first-order valence-corrected chi connectivity index (χ1v) is 9.22. The van der Waals surface area contributed by atoms with E-state index in [1.165, 1.54) is 24.3 Å². The lowest BCUT2D eigenvalue weighted by Crippen LogP contribution is -2.35. The largest absolute Gasteiger partial charge is 0.461 e. The molecule has 0 saturated heterocycles. The third kappa shape index (κ3) is 6.00. The molecule has 0 aromatic heterocycles. The summed E-state index contributed by atoms with van der Waals surface area (Å²) in [5.41, 5.74) is -1.57. The molecular weight excluding hydrogens is 368 g/mol. The first kappa shape index (κ1) is 24.0. The van der Waals surface area contributed by atoms with Crippen LogP contribution in [0, 0.1) is 10.8 Å². The van der Waals surface area contributed by atoms with Gasteiger partial charge in [0.2, 0.25) is 0 Å². The quantitative estimate of drug-likeness (QED) is 0.379. The highest BCUT2D eigenvalue weighted by Gasteiger charge is 2.30. The molecule has 0 aliphatic heterocycles. The van der Waals surface area contributed by atoms with Gasteiger partial charge in [-0.25, -0.2) is 9.59 Å². The summed E-state index contributed by atoms with van der Waals surface area (Å²) in [6.07, 6.45) is 0.850. The molecule has 8 nitrogen and oxygen atoms in total. The second kappa shape index (κ2) is 11.1. The van der Waals surface area contributed by atoms with Gasteiger partial charge >= 0.3 is 11.9 Å². The van der Waals surface area contributed by atoms with E-state index in [1.807, 2.05) is 0 Å². The van der Waals surface area contributed by atoms with Crippen molar-refractivity contribution in [3.8, 4) is 0 Å². The molecule has 0 radical (unpaired) electrons. The second-order valence-electron chi connectivity index (χ2n) is 7.07. The van der Waals surface area contributed by atoms with Crippen molar-refractivity contribution in [3.63, 3.8) is 0 Å². The molecule has 0 spiro atoms. The van der Waals surface area contributed by atoms with Crippen LogP contribution in [0.15, 0.2) is 24.3 Å². The van der Waals surface area contributed by atoms with Crippen molar-refractivity contribution in [2.75, 3.05) is 39.6 Å². The molecule has 0 unspecified atom stereocenters. The summed E-state index contributed by atoms with van der Waals surface area (Å²) in [5.74, 6) is -1.38. The smallest absolute Gasteiger partial charge is 0.338 e. The van der Waals surface area contributed by atoms with Crippen LogP contribution in [0.5, 0.6) is 0 Å². The molecular formula is C20H30O8. The van der Waals surface area contributed by atoms with Gasteiger partial charge in [-0.3, -0.25) is 0 Å². The van der Waals surface area contributed by atoms with E-state index < -0.39 is 22.8 Å². The van der Waals surface area contributed by atoms with Crippen LogP contribution >= 0.6 is 0 Å². The predicted octanol–water partition coefficient (Wildman–Crippen LogP) is 0.762. The lowest BCUT2D eigenvalue weighted by molar-refractivity contribution is -0.0178. The molecule has 1 rings (SSSR count). The highest BCUT2D eigenvalue weighted by molar-refractivity contribution is 5.95. The van der Waals surface area contributed by atoms with Crippen molar-refractivity contribution in [1.82, 2.24) is 0 Å². The van der Waals surface area contributed by atoms with Gasteiger partial charge in [-0.2, -0.15) is 0 Å². The van der Waals surface area contributed by atoms with Crippen molar-refractivity contribution < 1.29 is 39.5 Å². The third-order valence-corrected chi connectivity index (χ3v) is 5.19. The van der Waals surface area contributed by atoms with Gasteiger partial charge in [0.1, 0.15) is 13.2 Å². The Morgan fingerprint density at radius 2 is 1.14 bits per heavy atom. The monoisotopic (exact) mass is 398 g/mol. The van der Waals surface area contributed by atoms with Crippen molar-refractivity contribution >= 4 is 11.9 Å². The Hall–Kier alpha value is -2.00. The fourth-order valence-electron chi connectivity index (χ4n) is 2.31. The highest BCUT2D eigenvalue weighted by Crippen LogP contribution is 2.23. The molecule has 8 heteroatoms. The number of aliphatic hydroxyl groups is 4. The van der Waals surface area contributed by atoms with Crippen molar-refractivity contribution in [1.29, 1.82) is 0 Å². The average molecular weight is 398 g/mol. The first-order chi connectivity index (χ1) is 13.3. The Balaban J connectivity index is 2.80. The zero-order chi connectivity index (χ0) is 21.2. The normalized spacial score (nSPS) is 11.9. The number of hydrogen-bond acceptors (Lipinski definition) is 8. The average Bonchev–Trinajstić information content (AvgIpc) is 2.76. The second-order valence-corrected chi connectivity index (χ2v) is 7.07. The Morgan fingerprint density at radius 1 is 0.786 bits per heavy atom. The maximum Gasteiger partial charge on any atom is 0.338 e. The lowest BCUT2D eigenvalue weighted by atomic mass is 9.88. The molecule has 4 N–H and O–H groups in total. The molecule has 0 fully saturated rings. The minimum Gasteiger partial charge on any atom is -0.461 e. The van der Waals surface area contributed by atoms with E-state index in [1.54, 1.807) is 13.8 Å².